The van der Waals surface area contributed by atoms with Crippen molar-refractivity contribution < 1.29 is 13.6 Å². The number of halogens is 2. The van der Waals surface area contributed by atoms with E-state index in [0.717, 1.165) is 13.3 Å². The number of anilines is 1. The minimum absolute atomic E-state index is 0.0499. The zero-order valence-electron chi connectivity index (χ0n) is 12.8. The molecule has 0 unspecified atom stereocenters. The van der Waals surface area contributed by atoms with Gasteiger partial charge in [0.25, 0.3) is 5.92 Å². The van der Waals surface area contributed by atoms with Gasteiger partial charge in [-0.05, 0) is 18.6 Å². The number of rotatable bonds is 2. The fourth-order valence-electron chi connectivity index (χ4n) is 3.34. The van der Waals surface area contributed by atoms with Gasteiger partial charge in [0.15, 0.2) is 6.19 Å². The van der Waals surface area contributed by atoms with Crippen molar-refractivity contribution in [2.75, 3.05) is 25.0 Å². The van der Waals surface area contributed by atoms with E-state index in [4.69, 9.17) is 5.26 Å². The Hall–Kier alpha value is -2.36. The molecule has 5 nitrogen and oxygen atoms in total. The summed E-state index contributed by atoms with van der Waals surface area (Å²) in [5.41, 5.74) is 0.402. The van der Waals surface area contributed by atoms with Crippen LogP contribution < -0.4 is 5.32 Å². The van der Waals surface area contributed by atoms with Gasteiger partial charge in [-0.2, -0.15) is 5.26 Å². The molecule has 1 aromatic rings. The molecule has 2 amide bonds. The molecule has 7 heteroatoms. The Kier molecular flexibility index (Phi) is 3.84. The zero-order chi connectivity index (χ0) is 16.6. The van der Waals surface area contributed by atoms with Crippen LogP contribution in [-0.2, 0) is 5.92 Å². The number of amides is 2. The second-order valence-electron chi connectivity index (χ2n) is 6.21. The van der Waals surface area contributed by atoms with Crippen LogP contribution in [0, 0.1) is 17.4 Å². The molecule has 0 bridgehead atoms. The van der Waals surface area contributed by atoms with E-state index in [1.807, 2.05) is 0 Å². The van der Waals surface area contributed by atoms with Crippen LogP contribution >= 0.6 is 0 Å². The molecule has 3 rings (SSSR count). The van der Waals surface area contributed by atoms with E-state index in [0.29, 0.717) is 31.2 Å². The number of nitriles is 1. The third-order valence-electron chi connectivity index (χ3n) is 4.59. The molecule has 23 heavy (non-hydrogen) atoms. The summed E-state index contributed by atoms with van der Waals surface area (Å²) in [6.45, 7) is 2.76. The van der Waals surface area contributed by atoms with E-state index in [2.05, 4.69) is 11.5 Å². The predicted molar refractivity (Wildman–Crippen MR) is 80.8 cm³/mol. The first kappa shape index (κ1) is 15.5. The Morgan fingerprint density at radius 2 is 2.04 bits per heavy atom. The summed E-state index contributed by atoms with van der Waals surface area (Å²) >= 11 is 0. The Labute approximate surface area is 133 Å². The van der Waals surface area contributed by atoms with Gasteiger partial charge in [0.2, 0.25) is 0 Å². The minimum Gasteiger partial charge on any atom is -0.319 e. The first-order valence-corrected chi connectivity index (χ1v) is 7.59. The molecule has 1 N–H and O–H groups in total. The van der Waals surface area contributed by atoms with Crippen molar-refractivity contribution >= 4 is 11.7 Å². The molecule has 122 valence electrons. The normalized spacial score (nSPS) is 23.6. The molecule has 0 spiro atoms. The number of hydrogen-bond donors (Lipinski definition) is 1. The number of hydrogen-bond acceptors (Lipinski definition) is 3. The fourth-order valence-corrected chi connectivity index (χ4v) is 3.34. The molecular formula is C16H18F2N4O. The molecule has 2 fully saturated rings. The number of fused-ring (bicyclic) bond motifs is 1. The summed E-state index contributed by atoms with van der Waals surface area (Å²) in [7, 11) is 0. The third kappa shape index (κ3) is 3.07. The molecule has 2 atom stereocenters. The first-order chi connectivity index (χ1) is 10.9. The van der Waals surface area contributed by atoms with E-state index in [-0.39, 0.29) is 17.6 Å². The van der Waals surface area contributed by atoms with Gasteiger partial charge < -0.3 is 15.1 Å². The molecule has 2 aliphatic heterocycles. The minimum atomic E-state index is -2.89. The number of carbonyl (C=O) groups is 1. The molecular weight excluding hydrogens is 302 g/mol. The summed E-state index contributed by atoms with van der Waals surface area (Å²) in [4.78, 5) is 15.8. The van der Waals surface area contributed by atoms with Crippen molar-refractivity contribution in [3.63, 3.8) is 0 Å². The molecule has 2 aliphatic rings. The van der Waals surface area contributed by atoms with Crippen LogP contribution in [0.1, 0.15) is 18.9 Å². The van der Waals surface area contributed by atoms with Gasteiger partial charge in [0, 0.05) is 43.7 Å². The Morgan fingerprint density at radius 3 is 2.65 bits per heavy atom. The van der Waals surface area contributed by atoms with Crippen LogP contribution in [0.25, 0.3) is 0 Å². The summed E-state index contributed by atoms with van der Waals surface area (Å²) in [6, 6.07) is 5.40. The highest BCUT2D eigenvalue weighted by Gasteiger charge is 2.43. The lowest BCUT2D eigenvalue weighted by molar-refractivity contribution is 0.0175. The highest BCUT2D eigenvalue weighted by molar-refractivity contribution is 5.89. The highest BCUT2D eigenvalue weighted by atomic mass is 19.3. The quantitative estimate of drug-likeness (QED) is 0.853. The van der Waals surface area contributed by atoms with Crippen molar-refractivity contribution in [2.24, 2.45) is 5.92 Å². The molecule has 2 heterocycles. The Bertz CT molecular complexity index is 635. The molecule has 0 aliphatic carbocycles. The van der Waals surface area contributed by atoms with Gasteiger partial charge in [-0.1, -0.05) is 12.1 Å². The van der Waals surface area contributed by atoms with Gasteiger partial charge in [0.05, 0.1) is 6.04 Å². The standard InChI is InChI=1S/C16H18F2N4O/c1-16(17,18)12-2-4-13(5-3-12)20-15(23)22-7-6-11-8-21(10-19)9-14(11)22/h2-5,11,14H,6-9H2,1H3,(H,20,23)/t11-,14+/m1/s1. The van der Waals surface area contributed by atoms with Crippen LogP contribution in [0.2, 0.25) is 0 Å². The van der Waals surface area contributed by atoms with Gasteiger partial charge in [0.1, 0.15) is 0 Å². The maximum absolute atomic E-state index is 13.2. The van der Waals surface area contributed by atoms with Crippen molar-refractivity contribution in [1.29, 1.82) is 5.26 Å². The smallest absolute Gasteiger partial charge is 0.319 e. The average molecular weight is 320 g/mol. The zero-order valence-corrected chi connectivity index (χ0v) is 12.8. The SMILES string of the molecule is CC(F)(F)c1ccc(NC(=O)N2CC[C@@H]3CN(C#N)C[C@@H]32)cc1. The van der Waals surface area contributed by atoms with E-state index in [1.54, 1.807) is 9.80 Å². The molecule has 0 saturated carbocycles. The summed E-state index contributed by atoms with van der Waals surface area (Å²) in [6.07, 6.45) is 3.01. The lowest BCUT2D eigenvalue weighted by atomic mass is 10.1. The maximum Gasteiger partial charge on any atom is 0.322 e. The van der Waals surface area contributed by atoms with Gasteiger partial charge in [-0.3, -0.25) is 0 Å². The number of urea groups is 1. The number of likely N-dealkylation sites (tertiary alicyclic amines) is 2. The van der Waals surface area contributed by atoms with Gasteiger partial charge in [-0.15, -0.1) is 0 Å². The van der Waals surface area contributed by atoms with Crippen LogP contribution in [0.5, 0.6) is 0 Å². The van der Waals surface area contributed by atoms with E-state index < -0.39 is 5.92 Å². The highest BCUT2D eigenvalue weighted by Crippen LogP contribution is 2.32. The first-order valence-electron chi connectivity index (χ1n) is 7.59. The largest absolute Gasteiger partial charge is 0.322 e. The third-order valence-corrected chi connectivity index (χ3v) is 4.59. The summed E-state index contributed by atoms with van der Waals surface area (Å²) < 4.78 is 26.4. The van der Waals surface area contributed by atoms with Crippen LogP contribution in [0.3, 0.4) is 0 Å². The van der Waals surface area contributed by atoms with E-state index >= 15 is 0 Å². The Balaban J connectivity index is 1.65. The van der Waals surface area contributed by atoms with Crippen molar-refractivity contribution in [1.82, 2.24) is 9.80 Å². The second-order valence-corrected chi connectivity index (χ2v) is 6.21. The van der Waals surface area contributed by atoms with Crippen LogP contribution in [0.15, 0.2) is 24.3 Å². The number of carbonyl (C=O) groups excluding carboxylic acids is 1. The lowest BCUT2D eigenvalue weighted by Crippen LogP contribution is -2.41. The molecule has 1 aromatic carbocycles. The van der Waals surface area contributed by atoms with Crippen LogP contribution in [-0.4, -0.2) is 41.5 Å². The second kappa shape index (κ2) is 5.69. The van der Waals surface area contributed by atoms with Crippen LogP contribution in [0.4, 0.5) is 19.3 Å². The maximum atomic E-state index is 13.2. The molecule has 0 aromatic heterocycles. The van der Waals surface area contributed by atoms with Crippen molar-refractivity contribution in [2.45, 2.75) is 25.3 Å². The number of nitrogens with zero attached hydrogens (tertiary/aromatic N) is 3. The molecule has 2 saturated heterocycles. The fraction of sp³-hybridized carbons (Fsp3) is 0.500. The Morgan fingerprint density at radius 1 is 1.35 bits per heavy atom. The number of alkyl halides is 2. The van der Waals surface area contributed by atoms with Crippen molar-refractivity contribution in [3.8, 4) is 6.19 Å². The van der Waals surface area contributed by atoms with E-state index in [9.17, 15) is 13.6 Å². The van der Waals surface area contributed by atoms with E-state index in [1.165, 1.54) is 24.3 Å². The number of nitrogens with one attached hydrogen (secondary N) is 1. The predicted octanol–water partition coefficient (Wildman–Crippen LogP) is 2.82. The van der Waals surface area contributed by atoms with Gasteiger partial charge >= 0.3 is 6.03 Å². The summed E-state index contributed by atoms with van der Waals surface area (Å²) in [5.74, 6) is -2.56. The van der Waals surface area contributed by atoms with Crippen molar-refractivity contribution in [3.05, 3.63) is 29.8 Å². The monoisotopic (exact) mass is 320 g/mol. The van der Waals surface area contributed by atoms with Gasteiger partial charge in [-0.25, -0.2) is 13.6 Å². The molecule has 0 radical (unpaired) electrons. The lowest BCUT2D eigenvalue weighted by Gasteiger charge is -2.24. The summed E-state index contributed by atoms with van der Waals surface area (Å²) in [5, 5.41) is 11.7. The average Bonchev–Trinajstić information content (AvgIpc) is 3.06. The topological polar surface area (TPSA) is 59.4 Å². The number of benzene rings is 1.